The van der Waals surface area contributed by atoms with E-state index in [-0.39, 0.29) is 5.41 Å². The van der Waals surface area contributed by atoms with Gasteiger partial charge in [0.25, 0.3) is 0 Å². The zero-order valence-corrected chi connectivity index (χ0v) is 25.8. The first kappa shape index (κ1) is 24.8. The largest absolute Gasteiger partial charge is 0.293 e. The van der Waals surface area contributed by atoms with Crippen molar-refractivity contribution in [2.75, 3.05) is 0 Å². The van der Waals surface area contributed by atoms with Crippen molar-refractivity contribution < 1.29 is 0 Å². The first-order chi connectivity index (χ1) is 20.9. The van der Waals surface area contributed by atoms with Gasteiger partial charge in [0.05, 0.1) is 16.7 Å². The Bertz CT molecular complexity index is 2290. The molecule has 4 heteroatoms. The standard InChI is InChI=1S/C39H31N3Si/c1-39(2)30-19-11-8-16-25(30)27-22-23-28-26-17-9-12-20-31(26)42(35(28)33(27)39)38-36-34(29-18-10-13-21-32(29)43(36,3)4)40-37(41-38)24-14-6-5-7-15-24/h5-23H,1-4H3. The predicted molar refractivity (Wildman–Crippen MR) is 182 cm³/mol. The molecule has 0 spiro atoms. The number of nitrogens with zero attached hydrogens (tertiary/aromatic N) is 3. The molecule has 3 nitrogen and oxygen atoms in total. The van der Waals surface area contributed by atoms with E-state index in [9.17, 15) is 0 Å². The minimum atomic E-state index is -2.15. The maximum absolute atomic E-state index is 5.54. The minimum Gasteiger partial charge on any atom is -0.293 e. The summed E-state index contributed by atoms with van der Waals surface area (Å²) in [5.74, 6) is 1.81. The van der Waals surface area contributed by atoms with E-state index in [1.54, 1.807) is 0 Å². The highest BCUT2D eigenvalue weighted by Gasteiger charge is 2.44. The fourth-order valence-corrected chi connectivity index (χ4v) is 11.2. The van der Waals surface area contributed by atoms with Crippen LogP contribution >= 0.6 is 0 Å². The number of benzene rings is 5. The molecule has 0 unspecified atom stereocenters. The van der Waals surface area contributed by atoms with Crippen molar-refractivity contribution in [1.82, 2.24) is 14.5 Å². The zero-order chi connectivity index (χ0) is 29.1. The minimum absolute atomic E-state index is 0.161. The Hall–Kier alpha value is -4.80. The van der Waals surface area contributed by atoms with Gasteiger partial charge in [0, 0.05) is 26.9 Å². The molecule has 2 aliphatic rings. The molecule has 0 N–H and O–H groups in total. The highest BCUT2D eigenvalue weighted by Crippen LogP contribution is 2.53. The van der Waals surface area contributed by atoms with Crippen molar-refractivity contribution in [2.45, 2.75) is 32.4 Å². The van der Waals surface area contributed by atoms with E-state index in [0.717, 1.165) is 22.9 Å². The van der Waals surface area contributed by atoms with Gasteiger partial charge in [-0.3, -0.25) is 4.57 Å². The van der Waals surface area contributed by atoms with E-state index in [4.69, 9.17) is 9.97 Å². The normalized spacial score (nSPS) is 15.3. The van der Waals surface area contributed by atoms with Gasteiger partial charge in [-0.25, -0.2) is 9.97 Å². The van der Waals surface area contributed by atoms with Crippen molar-refractivity contribution in [3.63, 3.8) is 0 Å². The van der Waals surface area contributed by atoms with E-state index in [0.29, 0.717) is 0 Å². The number of aromatic nitrogens is 3. The molecule has 0 saturated carbocycles. The van der Waals surface area contributed by atoms with Crippen LogP contribution in [0.5, 0.6) is 0 Å². The molecular weight excluding hydrogens is 539 g/mol. The Morgan fingerprint density at radius 3 is 2.16 bits per heavy atom. The smallest absolute Gasteiger partial charge is 0.162 e. The van der Waals surface area contributed by atoms with Crippen LogP contribution in [0.2, 0.25) is 13.1 Å². The quantitative estimate of drug-likeness (QED) is 0.196. The Morgan fingerprint density at radius 2 is 1.33 bits per heavy atom. The van der Waals surface area contributed by atoms with Crippen LogP contribution in [0.4, 0.5) is 0 Å². The lowest BCUT2D eigenvalue weighted by atomic mass is 9.81. The summed E-state index contributed by atoms with van der Waals surface area (Å²) in [6.07, 6.45) is 0. The molecule has 7 aromatic rings. The molecular formula is C39H31N3Si. The molecule has 0 radical (unpaired) electrons. The fourth-order valence-electron chi connectivity index (χ4n) is 8.00. The van der Waals surface area contributed by atoms with Crippen LogP contribution in [0.1, 0.15) is 25.0 Å². The SMILES string of the molecule is CC1(C)c2ccccc2-c2ccc3c4ccccc4n(-c4nc(-c5ccccc5)nc5c4[Si](C)(C)c4ccccc4-5)c3c21. The Labute approximate surface area is 252 Å². The monoisotopic (exact) mass is 569 g/mol. The summed E-state index contributed by atoms with van der Waals surface area (Å²) >= 11 is 0. The lowest BCUT2D eigenvalue weighted by molar-refractivity contribution is 0.663. The zero-order valence-electron chi connectivity index (χ0n) is 24.8. The van der Waals surface area contributed by atoms with Crippen LogP contribution < -0.4 is 10.4 Å². The summed E-state index contributed by atoms with van der Waals surface area (Å²) in [5.41, 5.74) is 11.1. The summed E-state index contributed by atoms with van der Waals surface area (Å²) in [6, 6.07) is 41.8. The van der Waals surface area contributed by atoms with Crippen LogP contribution in [-0.4, -0.2) is 22.6 Å². The van der Waals surface area contributed by atoms with E-state index < -0.39 is 8.07 Å². The van der Waals surface area contributed by atoms with Crippen molar-refractivity contribution in [3.8, 4) is 39.6 Å². The van der Waals surface area contributed by atoms with Gasteiger partial charge in [0.15, 0.2) is 5.82 Å². The third-order valence-corrected chi connectivity index (χ3v) is 13.5. The van der Waals surface area contributed by atoms with Crippen molar-refractivity contribution in [2.24, 2.45) is 0 Å². The van der Waals surface area contributed by atoms with E-state index >= 15 is 0 Å². The summed E-state index contributed by atoms with van der Waals surface area (Å²) in [5, 5.41) is 5.29. The number of rotatable bonds is 2. The van der Waals surface area contributed by atoms with Crippen LogP contribution in [0.15, 0.2) is 115 Å². The van der Waals surface area contributed by atoms with Gasteiger partial charge in [0.1, 0.15) is 13.9 Å². The van der Waals surface area contributed by atoms with Gasteiger partial charge in [-0.15, -0.1) is 0 Å². The maximum atomic E-state index is 5.54. The summed E-state index contributed by atoms with van der Waals surface area (Å²) in [6.45, 7) is 9.69. The van der Waals surface area contributed by atoms with Crippen LogP contribution in [0.25, 0.3) is 61.4 Å². The molecule has 1 aliphatic heterocycles. The molecule has 0 atom stereocenters. The van der Waals surface area contributed by atoms with Crippen LogP contribution in [0.3, 0.4) is 0 Å². The second-order valence-electron chi connectivity index (χ2n) is 13.0. The molecule has 1 aliphatic carbocycles. The molecule has 0 amide bonds. The first-order valence-electron chi connectivity index (χ1n) is 15.1. The lowest BCUT2D eigenvalue weighted by Crippen LogP contribution is -2.51. The second kappa shape index (κ2) is 8.39. The summed E-state index contributed by atoms with van der Waals surface area (Å²) in [7, 11) is -2.15. The average molecular weight is 570 g/mol. The predicted octanol–water partition coefficient (Wildman–Crippen LogP) is 8.35. The average Bonchev–Trinajstić information content (AvgIpc) is 3.58. The molecule has 0 saturated heterocycles. The molecule has 2 aromatic heterocycles. The molecule has 5 aromatic carbocycles. The third-order valence-electron chi connectivity index (χ3n) is 9.97. The number of fused-ring (bicyclic) bond motifs is 10. The third kappa shape index (κ3) is 3.14. The van der Waals surface area contributed by atoms with Crippen molar-refractivity contribution in [1.29, 1.82) is 0 Å². The lowest BCUT2D eigenvalue weighted by Gasteiger charge is -2.26. The van der Waals surface area contributed by atoms with E-state index in [1.807, 2.05) is 0 Å². The van der Waals surface area contributed by atoms with Gasteiger partial charge in [-0.05, 0) is 39.1 Å². The fraction of sp³-hybridized carbons (Fsp3) is 0.128. The second-order valence-corrected chi connectivity index (χ2v) is 17.3. The van der Waals surface area contributed by atoms with Gasteiger partial charge >= 0.3 is 0 Å². The summed E-state index contributed by atoms with van der Waals surface area (Å²) < 4.78 is 2.50. The van der Waals surface area contributed by atoms with Crippen molar-refractivity contribution in [3.05, 3.63) is 126 Å². The topological polar surface area (TPSA) is 30.7 Å². The molecule has 9 rings (SSSR count). The van der Waals surface area contributed by atoms with Gasteiger partial charge in [-0.2, -0.15) is 0 Å². The van der Waals surface area contributed by atoms with E-state index in [1.165, 1.54) is 60.0 Å². The van der Waals surface area contributed by atoms with Crippen LogP contribution in [0, 0.1) is 0 Å². The van der Waals surface area contributed by atoms with Gasteiger partial charge in [0.2, 0.25) is 0 Å². The summed E-state index contributed by atoms with van der Waals surface area (Å²) in [4.78, 5) is 10.9. The molecule has 3 heterocycles. The molecule has 0 fully saturated rings. The molecule has 0 bridgehead atoms. The molecule has 206 valence electrons. The number of hydrogen-bond acceptors (Lipinski definition) is 2. The van der Waals surface area contributed by atoms with Gasteiger partial charge in [-0.1, -0.05) is 136 Å². The number of para-hydroxylation sites is 1. The van der Waals surface area contributed by atoms with Crippen molar-refractivity contribution >= 4 is 40.3 Å². The molecule has 43 heavy (non-hydrogen) atoms. The highest BCUT2D eigenvalue weighted by molar-refractivity contribution is 7.04. The Morgan fingerprint density at radius 1 is 0.628 bits per heavy atom. The Kier molecular flexibility index (Phi) is 4.83. The highest BCUT2D eigenvalue weighted by atomic mass is 28.3. The van der Waals surface area contributed by atoms with E-state index in [2.05, 4.69) is 147 Å². The van der Waals surface area contributed by atoms with Gasteiger partial charge < -0.3 is 0 Å². The number of hydrogen-bond donors (Lipinski definition) is 0. The Balaban J connectivity index is 1.49. The first-order valence-corrected chi connectivity index (χ1v) is 18.1. The van der Waals surface area contributed by atoms with Crippen LogP contribution in [-0.2, 0) is 5.41 Å². The maximum Gasteiger partial charge on any atom is 0.162 e.